The summed E-state index contributed by atoms with van der Waals surface area (Å²) >= 11 is 0. The van der Waals surface area contributed by atoms with Gasteiger partial charge in [-0.05, 0) is 35.9 Å². The average molecular weight is 447 g/mol. The molecule has 7 nitrogen and oxygen atoms in total. The number of esters is 1. The van der Waals surface area contributed by atoms with Gasteiger partial charge in [0.05, 0.1) is 13.2 Å². The lowest BCUT2D eigenvalue weighted by molar-refractivity contribution is -0.149. The Morgan fingerprint density at radius 3 is 2.30 bits per heavy atom. The molecule has 170 valence electrons. The van der Waals surface area contributed by atoms with Gasteiger partial charge in [0.1, 0.15) is 5.75 Å². The normalized spacial score (nSPS) is 13.3. The fourth-order valence-corrected chi connectivity index (χ4v) is 3.55. The topological polar surface area (TPSA) is 77.1 Å². The molecule has 0 radical (unpaired) electrons. The molecule has 33 heavy (non-hydrogen) atoms. The molecule has 1 aliphatic heterocycles. The molecule has 1 N–H and O–H groups in total. The summed E-state index contributed by atoms with van der Waals surface area (Å²) in [7, 11) is 0. The van der Waals surface area contributed by atoms with Crippen LogP contribution in [0.3, 0.4) is 0 Å². The van der Waals surface area contributed by atoms with E-state index in [4.69, 9.17) is 14.2 Å². The maximum Gasteiger partial charge on any atom is 0.344 e. The van der Waals surface area contributed by atoms with Crippen LogP contribution < -0.4 is 15.0 Å². The first-order chi connectivity index (χ1) is 16.2. The second-order valence-corrected chi connectivity index (χ2v) is 7.51. The first-order valence-electron chi connectivity index (χ1n) is 10.8. The predicted octanol–water partition coefficient (Wildman–Crippen LogP) is 3.75. The number of ether oxygens (including phenoxy) is 3. The van der Waals surface area contributed by atoms with Gasteiger partial charge in [-0.3, -0.25) is 4.79 Å². The molecule has 3 aromatic rings. The SMILES string of the molecule is O=C(COC(=O)COc1ccccc1-c1ccccc1)Nc1ccc(N2CCOCC2)cc1. The second-order valence-electron chi connectivity index (χ2n) is 7.51. The molecule has 0 unspecified atom stereocenters. The fraction of sp³-hybridized carbons (Fsp3) is 0.231. The van der Waals surface area contributed by atoms with Crippen molar-refractivity contribution in [3.63, 3.8) is 0 Å². The highest BCUT2D eigenvalue weighted by molar-refractivity contribution is 5.93. The number of anilines is 2. The van der Waals surface area contributed by atoms with Gasteiger partial charge in [0, 0.05) is 30.0 Å². The van der Waals surface area contributed by atoms with E-state index in [0.29, 0.717) is 24.7 Å². The Labute approximate surface area is 192 Å². The summed E-state index contributed by atoms with van der Waals surface area (Å²) in [6, 6.07) is 24.8. The number of benzene rings is 3. The Kier molecular flexibility index (Phi) is 7.56. The average Bonchev–Trinajstić information content (AvgIpc) is 2.88. The summed E-state index contributed by atoms with van der Waals surface area (Å²) < 4.78 is 16.1. The van der Waals surface area contributed by atoms with Crippen molar-refractivity contribution in [2.75, 3.05) is 49.7 Å². The van der Waals surface area contributed by atoms with E-state index in [-0.39, 0.29) is 13.2 Å². The number of carbonyl (C=O) groups is 2. The highest BCUT2D eigenvalue weighted by atomic mass is 16.6. The number of para-hydroxylation sites is 1. The van der Waals surface area contributed by atoms with Gasteiger partial charge in [0.15, 0.2) is 13.2 Å². The third kappa shape index (κ3) is 6.33. The van der Waals surface area contributed by atoms with Crippen LogP contribution >= 0.6 is 0 Å². The molecular formula is C26H26N2O5. The number of nitrogens with zero attached hydrogens (tertiary/aromatic N) is 1. The minimum Gasteiger partial charge on any atom is -0.481 e. The molecule has 1 heterocycles. The van der Waals surface area contributed by atoms with E-state index in [1.807, 2.05) is 72.8 Å². The smallest absolute Gasteiger partial charge is 0.344 e. The number of morpholine rings is 1. The van der Waals surface area contributed by atoms with Crippen LogP contribution in [0.1, 0.15) is 0 Å². The molecule has 1 saturated heterocycles. The molecular weight excluding hydrogens is 420 g/mol. The third-order valence-electron chi connectivity index (χ3n) is 5.21. The summed E-state index contributed by atoms with van der Waals surface area (Å²) in [6.07, 6.45) is 0. The molecule has 1 amide bonds. The number of carbonyl (C=O) groups excluding carboxylic acids is 2. The van der Waals surface area contributed by atoms with Crippen molar-refractivity contribution in [1.82, 2.24) is 0 Å². The predicted molar refractivity (Wildman–Crippen MR) is 126 cm³/mol. The number of amides is 1. The molecule has 0 atom stereocenters. The third-order valence-corrected chi connectivity index (χ3v) is 5.21. The van der Waals surface area contributed by atoms with E-state index in [2.05, 4.69) is 10.2 Å². The largest absolute Gasteiger partial charge is 0.481 e. The summed E-state index contributed by atoms with van der Waals surface area (Å²) in [6.45, 7) is 2.45. The summed E-state index contributed by atoms with van der Waals surface area (Å²) in [5.41, 5.74) is 3.58. The first-order valence-corrected chi connectivity index (χ1v) is 10.8. The fourth-order valence-electron chi connectivity index (χ4n) is 3.55. The number of hydrogen-bond acceptors (Lipinski definition) is 6. The molecule has 0 aromatic heterocycles. The van der Waals surface area contributed by atoms with Crippen molar-refractivity contribution in [1.29, 1.82) is 0 Å². The Balaban J connectivity index is 1.23. The first kappa shape index (κ1) is 22.4. The van der Waals surface area contributed by atoms with Crippen molar-refractivity contribution in [2.45, 2.75) is 0 Å². The van der Waals surface area contributed by atoms with Crippen LogP contribution in [-0.2, 0) is 19.1 Å². The van der Waals surface area contributed by atoms with E-state index in [1.165, 1.54) is 0 Å². The van der Waals surface area contributed by atoms with Crippen LogP contribution in [0.15, 0.2) is 78.9 Å². The quantitative estimate of drug-likeness (QED) is 0.531. The number of hydrogen-bond donors (Lipinski definition) is 1. The zero-order chi connectivity index (χ0) is 22.9. The van der Waals surface area contributed by atoms with Gasteiger partial charge in [-0.1, -0.05) is 48.5 Å². The molecule has 7 heteroatoms. The van der Waals surface area contributed by atoms with Crippen LogP contribution in [0.5, 0.6) is 5.75 Å². The monoisotopic (exact) mass is 446 g/mol. The molecule has 4 rings (SSSR count). The maximum absolute atomic E-state index is 12.2. The van der Waals surface area contributed by atoms with Crippen molar-refractivity contribution in [3.05, 3.63) is 78.9 Å². The second kappa shape index (κ2) is 11.2. The van der Waals surface area contributed by atoms with Crippen molar-refractivity contribution >= 4 is 23.3 Å². The van der Waals surface area contributed by atoms with Gasteiger partial charge in [-0.25, -0.2) is 4.79 Å². The molecule has 0 spiro atoms. The minimum absolute atomic E-state index is 0.286. The lowest BCUT2D eigenvalue weighted by atomic mass is 10.1. The Morgan fingerprint density at radius 2 is 1.55 bits per heavy atom. The molecule has 0 aliphatic carbocycles. The van der Waals surface area contributed by atoms with E-state index in [0.717, 1.165) is 29.9 Å². The van der Waals surface area contributed by atoms with Crippen LogP contribution in [0.4, 0.5) is 11.4 Å². The van der Waals surface area contributed by atoms with Crippen molar-refractivity contribution in [3.8, 4) is 16.9 Å². The Bertz CT molecular complexity index is 1060. The summed E-state index contributed by atoms with van der Waals surface area (Å²) in [4.78, 5) is 26.5. The van der Waals surface area contributed by atoms with Gasteiger partial charge in [-0.15, -0.1) is 0 Å². The zero-order valence-electron chi connectivity index (χ0n) is 18.2. The van der Waals surface area contributed by atoms with Crippen LogP contribution in [0.2, 0.25) is 0 Å². The lowest BCUT2D eigenvalue weighted by Crippen LogP contribution is -2.36. The molecule has 0 saturated carbocycles. The zero-order valence-corrected chi connectivity index (χ0v) is 18.2. The van der Waals surface area contributed by atoms with Gasteiger partial charge in [0.2, 0.25) is 0 Å². The molecule has 1 fully saturated rings. The van der Waals surface area contributed by atoms with Gasteiger partial charge in [0.25, 0.3) is 5.91 Å². The van der Waals surface area contributed by atoms with Gasteiger partial charge in [-0.2, -0.15) is 0 Å². The van der Waals surface area contributed by atoms with E-state index in [1.54, 1.807) is 6.07 Å². The molecule has 1 aliphatic rings. The minimum atomic E-state index is -0.615. The standard InChI is InChI=1S/C26H26N2O5/c29-25(27-21-10-12-22(13-11-21)28-14-16-31-17-15-28)18-33-26(30)19-32-24-9-5-4-8-23(24)20-6-2-1-3-7-20/h1-13H,14-19H2,(H,27,29). The molecule has 3 aromatic carbocycles. The maximum atomic E-state index is 12.2. The molecule has 0 bridgehead atoms. The van der Waals surface area contributed by atoms with Crippen molar-refractivity contribution < 1.29 is 23.8 Å². The van der Waals surface area contributed by atoms with Crippen molar-refractivity contribution in [2.24, 2.45) is 0 Å². The lowest BCUT2D eigenvalue weighted by Gasteiger charge is -2.28. The highest BCUT2D eigenvalue weighted by Crippen LogP contribution is 2.29. The van der Waals surface area contributed by atoms with Gasteiger partial charge >= 0.3 is 5.97 Å². The van der Waals surface area contributed by atoms with Gasteiger partial charge < -0.3 is 24.4 Å². The van der Waals surface area contributed by atoms with E-state index in [9.17, 15) is 9.59 Å². The van der Waals surface area contributed by atoms with E-state index < -0.39 is 11.9 Å². The van der Waals surface area contributed by atoms with Crippen LogP contribution in [-0.4, -0.2) is 51.4 Å². The summed E-state index contributed by atoms with van der Waals surface area (Å²) in [5.74, 6) is -0.451. The highest BCUT2D eigenvalue weighted by Gasteiger charge is 2.13. The van der Waals surface area contributed by atoms with Crippen LogP contribution in [0, 0.1) is 0 Å². The Hall–Kier alpha value is -3.84. The number of nitrogens with one attached hydrogen (secondary N) is 1. The Morgan fingerprint density at radius 1 is 0.848 bits per heavy atom. The number of rotatable bonds is 8. The van der Waals surface area contributed by atoms with E-state index >= 15 is 0 Å². The summed E-state index contributed by atoms with van der Waals surface area (Å²) in [5, 5.41) is 2.73. The van der Waals surface area contributed by atoms with Crippen LogP contribution in [0.25, 0.3) is 11.1 Å².